The van der Waals surface area contributed by atoms with Crippen molar-refractivity contribution >= 4 is 22.1 Å². The van der Waals surface area contributed by atoms with Gasteiger partial charge in [-0.3, -0.25) is 9.35 Å². The number of hydrogen-bond donors (Lipinski definition) is 2. The molecule has 9 heteroatoms. The largest absolute Gasteiger partial charge is 0.497 e. The topological polar surface area (TPSA) is 119 Å². The van der Waals surface area contributed by atoms with Gasteiger partial charge in [-0.1, -0.05) is 84.4 Å². The third kappa shape index (κ3) is 7.25. The lowest BCUT2D eigenvalue weighted by molar-refractivity contribution is -0.149. The van der Waals surface area contributed by atoms with Gasteiger partial charge in [0, 0.05) is 0 Å². The summed E-state index contributed by atoms with van der Waals surface area (Å²) in [5.74, 6) is 1.47. The standard InChI is InChI=1S/C26H26N2O3.C7H8O3S/c1-30-21-13-9-19(10-14-21)25(20-11-15-22(31-2)16-12-20)28-23(24(27)26(28)29)17-8-18-6-4-3-5-7-18;1-6-2-4-7(5-3-6)11(8,9)10/h3-17,23-25H,27H2,1-2H3;2-5H,1H3,(H,8,9,10). The summed E-state index contributed by atoms with van der Waals surface area (Å²) in [4.78, 5) is 14.7. The average molecular weight is 587 g/mol. The molecule has 2 unspecified atom stereocenters. The molecule has 42 heavy (non-hydrogen) atoms. The summed E-state index contributed by atoms with van der Waals surface area (Å²) < 4.78 is 40.2. The second kappa shape index (κ2) is 13.5. The maximum absolute atomic E-state index is 12.9. The van der Waals surface area contributed by atoms with Crippen LogP contribution in [0.3, 0.4) is 0 Å². The Bertz CT molecular complexity index is 1560. The molecule has 4 aromatic carbocycles. The van der Waals surface area contributed by atoms with Crippen molar-refractivity contribution in [1.82, 2.24) is 4.90 Å². The lowest BCUT2D eigenvalue weighted by atomic mass is 9.86. The molecule has 0 bridgehead atoms. The molecule has 1 aliphatic rings. The highest BCUT2D eigenvalue weighted by Crippen LogP contribution is 2.38. The summed E-state index contributed by atoms with van der Waals surface area (Å²) in [7, 11) is -0.745. The fourth-order valence-electron chi connectivity index (χ4n) is 4.64. The number of rotatable bonds is 8. The van der Waals surface area contributed by atoms with E-state index in [1.54, 1.807) is 26.4 Å². The summed E-state index contributed by atoms with van der Waals surface area (Å²) in [6.07, 6.45) is 4.03. The molecule has 1 heterocycles. The molecule has 2 atom stereocenters. The highest BCUT2D eigenvalue weighted by atomic mass is 32.2. The smallest absolute Gasteiger partial charge is 0.294 e. The van der Waals surface area contributed by atoms with Crippen molar-refractivity contribution in [2.75, 3.05) is 14.2 Å². The molecule has 218 valence electrons. The van der Waals surface area contributed by atoms with E-state index in [0.29, 0.717) is 0 Å². The second-order valence-electron chi connectivity index (χ2n) is 9.77. The summed E-state index contributed by atoms with van der Waals surface area (Å²) in [6, 6.07) is 30.5. The molecule has 1 saturated heterocycles. The minimum absolute atomic E-state index is 0.0666. The van der Waals surface area contributed by atoms with Gasteiger partial charge < -0.3 is 20.1 Å². The van der Waals surface area contributed by atoms with Crippen molar-refractivity contribution < 1.29 is 27.2 Å². The Morgan fingerprint density at radius 3 is 1.76 bits per heavy atom. The molecule has 0 spiro atoms. The van der Waals surface area contributed by atoms with E-state index in [4.69, 9.17) is 19.8 Å². The number of nitrogens with zero attached hydrogens (tertiary/aromatic N) is 1. The van der Waals surface area contributed by atoms with E-state index in [0.717, 1.165) is 33.8 Å². The van der Waals surface area contributed by atoms with Crippen molar-refractivity contribution in [2.45, 2.75) is 29.9 Å². The van der Waals surface area contributed by atoms with Crippen molar-refractivity contribution in [1.29, 1.82) is 0 Å². The first-order chi connectivity index (χ1) is 20.1. The molecular formula is C33H34N2O6S. The van der Waals surface area contributed by atoms with Gasteiger partial charge in [-0.25, -0.2) is 0 Å². The van der Waals surface area contributed by atoms with E-state index in [2.05, 4.69) is 0 Å². The third-order valence-corrected chi connectivity index (χ3v) is 7.84. The van der Waals surface area contributed by atoms with E-state index < -0.39 is 16.2 Å². The van der Waals surface area contributed by atoms with E-state index in [1.807, 2.05) is 103 Å². The first-order valence-corrected chi connectivity index (χ1v) is 14.7. The Morgan fingerprint density at radius 1 is 0.810 bits per heavy atom. The zero-order valence-electron chi connectivity index (χ0n) is 23.6. The van der Waals surface area contributed by atoms with Crippen molar-refractivity contribution in [3.8, 4) is 11.5 Å². The maximum Gasteiger partial charge on any atom is 0.294 e. The Kier molecular flexibility index (Phi) is 9.80. The number of carbonyl (C=O) groups excluding carboxylic acids is 1. The lowest BCUT2D eigenvalue weighted by Crippen LogP contribution is -2.68. The molecule has 0 aliphatic carbocycles. The van der Waals surface area contributed by atoms with Gasteiger partial charge in [-0.15, -0.1) is 0 Å². The number of methoxy groups -OCH3 is 2. The van der Waals surface area contributed by atoms with Crippen LogP contribution in [-0.4, -0.2) is 50.1 Å². The zero-order valence-corrected chi connectivity index (χ0v) is 24.4. The fourth-order valence-corrected chi connectivity index (χ4v) is 5.12. The highest BCUT2D eigenvalue weighted by Gasteiger charge is 2.47. The van der Waals surface area contributed by atoms with Gasteiger partial charge in [0.25, 0.3) is 10.1 Å². The fraction of sp³-hybridized carbons (Fsp3) is 0.182. The minimum Gasteiger partial charge on any atom is -0.497 e. The monoisotopic (exact) mass is 586 g/mol. The molecule has 8 nitrogen and oxygen atoms in total. The lowest BCUT2D eigenvalue weighted by Gasteiger charge is -2.49. The Hall–Kier alpha value is -4.44. The first kappa shape index (κ1) is 30.5. The van der Waals surface area contributed by atoms with E-state index in [1.165, 1.54) is 12.1 Å². The zero-order chi connectivity index (χ0) is 30.3. The molecule has 1 fully saturated rings. The number of β-lactam (4-membered cyclic amide) rings is 1. The summed E-state index contributed by atoms with van der Waals surface area (Å²) in [5, 5.41) is 0. The number of ether oxygens (including phenoxy) is 2. The number of aryl methyl sites for hydroxylation is 1. The first-order valence-electron chi connectivity index (χ1n) is 13.3. The van der Waals surface area contributed by atoms with Crippen LogP contribution in [0.1, 0.15) is 28.3 Å². The number of likely N-dealkylation sites (tertiary alicyclic amines) is 1. The predicted molar refractivity (Wildman–Crippen MR) is 163 cm³/mol. The molecule has 4 aromatic rings. The minimum atomic E-state index is -4.02. The van der Waals surface area contributed by atoms with Crippen molar-refractivity contribution in [3.63, 3.8) is 0 Å². The van der Waals surface area contributed by atoms with Gasteiger partial charge in [-0.05, 0) is 60.0 Å². The third-order valence-electron chi connectivity index (χ3n) is 6.97. The van der Waals surface area contributed by atoms with Crippen molar-refractivity contribution in [3.05, 3.63) is 131 Å². The highest BCUT2D eigenvalue weighted by molar-refractivity contribution is 7.85. The summed E-state index contributed by atoms with van der Waals surface area (Å²) in [5.41, 5.74) is 10.2. The van der Waals surface area contributed by atoms with Crippen LogP contribution in [0.4, 0.5) is 0 Å². The van der Waals surface area contributed by atoms with Gasteiger partial charge >= 0.3 is 0 Å². The van der Waals surface area contributed by atoms with Crippen LogP contribution in [0.25, 0.3) is 6.08 Å². The molecule has 5 rings (SSSR count). The van der Waals surface area contributed by atoms with Gasteiger partial charge in [0.1, 0.15) is 17.5 Å². The number of amides is 1. The second-order valence-corrected chi connectivity index (χ2v) is 11.2. The molecule has 1 aliphatic heterocycles. The Labute approximate surface area is 246 Å². The summed E-state index contributed by atoms with van der Waals surface area (Å²) in [6.45, 7) is 1.84. The van der Waals surface area contributed by atoms with Gasteiger partial charge in [0.2, 0.25) is 5.91 Å². The molecular weight excluding hydrogens is 552 g/mol. The normalized spacial score (nSPS) is 16.5. The number of nitrogens with two attached hydrogens (primary N) is 1. The molecule has 0 aromatic heterocycles. The molecule has 0 radical (unpaired) electrons. The number of benzene rings is 4. The van der Waals surface area contributed by atoms with Gasteiger partial charge in [-0.2, -0.15) is 8.42 Å². The maximum atomic E-state index is 12.9. The molecule has 0 saturated carbocycles. The number of hydrogen-bond acceptors (Lipinski definition) is 6. The quantitative estimate of drug-likeness (QED) is 0.213. The van der Waals surface area contributed by atoms with Gasteiger partial charge in [0.05, 0.1) is 31.2 Å². The Morgan fingerprint density at radius 2 is 1.31 bits per heavy atom. The predicted octanol–water partition coefficient (Wildman–Crippen LogP) is 5.29. The molecule has 1 amide bonds. The Balaban J connectivity index is 0.000000310. The van der Waals surface area contributed by atoms with Gasteiger partial charge in [0.15, 0.2) is 0 Å². The average Bonchev–Trinajstić information content (AvgIpc) is 3.01. The van der Waals surface area contributed by atoms with Crippen LogP contribution < -0.4 is 15.2 Å². The van der Waals surface area contributed by atoms with Crippen LogP contribution in [0.15, 0.2) is 114 Å². The van der Waals surface area contributed by atoms with E-state index in [-0.39, 0.29) is 22.9 Å². The van der Waals surface area contributed by atoms with Crippen LogP contribution in [0.2, 0.25) is 0 Å². The van der Waals surface area contributed by atoms with Crippen molar-refractivity contribution in [2.24, 2.45) is 5.73 Å². The van der Waals surface area contributed by atoms with E-state index in [9.17, 15) is 13.2 Å². The van der Waals surface area contributed by atoms with E-state index >= 15 is 0 Å². The number of carbonyl (C=O) groups is 1. The summed E-state index contributed by atoms with van der Waals surface area (Å²) >= 11 is 0. The van der Waals surface area contributed by atoms with Crippen LogP contribution in [0.5, 0.6) is 11.5 Å². The van der Waals surface area contributed by atoms with Crippen LogP contribution in [-0.2, 0) is 14.9 Å². The molecule has 3 N–H and O–H groups in total. The van der Waals surface area contributed by atoms with Crippen LogP contribution in [0, 0.1) is 6.92 Å². The van der Waals surface area contributed by atoms with Crippen LogP contribution >= 0.6 is 0 Å². The SMILES string of the molecule is COc1ccc(C(c2ccc(OC)cc2)N2C(=O)C(N)C2C=Cc2ccccc2)cc1.Cc1ccc(S(=O)(=O)O)cc1.